The average molecular weight is 431 g/mol. The Morgan fingerprint density at radius 3 is 2.78 bits per heavy atom. The summed E-state index contributed by atoms with van der Waals surface area (Å²) in [4.78, 5) is 11.7. The first-order valence-corrected chi connectivity index (χ1v) is 11.2. The summed E-state index contributed by atoms with van der Waals surface area (Å²) < 4.78 is 0. The summed E-state index contributed by atoms with van der Waals surface area (Å²) in [6, 6.07) is 7.76. The minimum atomic E-state index is 0.373. The molecule has 3 aromatic rings. The van der Waals surface area contributed by atoms with Crippen molar-refractivity contribution in [3.63, 3.8) is 0 Å². The highest BCUT2D eigenvalue weighted by atomic mass is 15.2. The van der Waals surface area contributed by atoms with Gasteiger partial charge in [-0.3, -0.25) is 4.98 Å². The number of hydrogen-bond acceptors (Lipinski definition) is 8. The van der Waals surface area contributed by atoms with Crippen LogP contribution >= 0.6 is 0 Å². The first-order chi connectivity index (χ1) is 15.6. The van der Waals surface area contributed by atoms with Gasteiger partial charge in [-0.1, -0.05) is 13.8 Å². The molecule has 1 saturated heterocycles. The van der Waals surface area contributed by atoms with Gasteiger partial charge in [-0.05, 0) is 68.2 Å². The van der Waals surface area contributed by atoms with Gasteiger partial charge in [0.15, 0.2) is 5.82 Å². The standard InChI is InChI=1S/C24H30N8/c1-17(2)18-12-24(31-28-16-18)30-23-6-5-21-22(29-23)11-19(15-27-21)20(13-25)14-26-7-3-8-32-9-4-10-32/h5-6,11-17,25-26H,3-4,7-10H2,1-2H3,(H,29,30,31)/b20-14+,25-13?. The molecule has 4 heterocycles. The molecule has 4 rings (SSSR count). The fourth-order valence-corrected chi connectivity index (χ4v) is 3.52. The van der Waals surface area contributed by atoms with Gasteiger partial charge in [0.1, 0.15) is 5.82 Å². The maximum atomic E-state index is 7.82. The minimum absolute atomic E-state index is 0.373. The van der Waals surface area contributed by atoms with Crippen LogP contribution in [0.2, 0.25) is 0 Å². The maximum Gasteiger partial charge on any atom is 0.154 e. The molecule has 1 aliphatic heterocycles. The Morgan fingerprint density at radius 1 is 1.16 bits per heavy atom. The number of anilines is 2. The van der Waals surface area contributed by atoms with Gasteiger partial charge in [0.2, 0.25) is 0 Å². The quantitative estimate of drug-likeness (QED) is 0.330. The lowest BCUT2D eigenvalue weighted by Gasteiger charge is -2.30. The van der Waals surface area contributed by atoms with Crippen LogP contribution in [-0.4, -0.2) is 57.5 Å². The van der Waals surface area contributed by atoms with Crippen LogP contribution in [0.3, 0.4) is 0 Å². The third-order valence-electron chi connectivity index (χ3n) is 5.63. The molecular formula is C24H30N8. The smallest absolute Gasteiger partial charge is 0.154 e. The Morgan fingerprint density at radius 2 is 2.03 bits per heavy atom. The van der Waals surface area contributed by atoms with E-state index in [9.17, 15) is 0 Å². The monoisotopic (exact) mass is 430 g/mol. The molecule has 0 radical (unpaired) electrons. The van der Waals surface area contributed by atoms with Gasteiger partial charge in [-0.15, -0.1) is 5.10 Å². The number of fused-ring (bicyclic) bond motifs is 1. The van der Waals surface area contributed by atoms with Crippen molar-refractivity contribution in [2.24, 2.45) is 0 Å². The Kier molecular flexibility index (Phi) is 7.01. The average Bonchev–Trinajstić information content (AvgIpc) is 2.77. The van der Waals surface area contributed by atoms with Crippen LogP contribution in [0.4, 0.5) is 11.6 Å². The zero-order chi connectivity index (χ0) is 22.3. The Balaban J connectivity index is 1.46. The molecule has 3 N–H and O–H groups in total. The van der Waals surface area contributed by atoms with E-state index in [-0.39, 0.29) is 0 Å². The zero-order valence-electron chi connectivity index (χ0n) is 18.7. The van der Waals surface area contributed by atoms with E-state index in [1.807, 2.05) is 30.5 Å². The molecule has 0 aromatic carbocycles. The lowest BCUT2D eigenvalue weighted by Crippen LogP contribution is -2.38. The van der Waals surface area contributed by atoms with E-state index < -0.39 is 0 Å². The first-order valence-electron chi connectivity index (χ1n) is 11.2. The van der Waals surface area contributed by atoms with Gasteiger partial charge in [-0.25, -0.2) is 4.98 Å². The highest BCUT2D eigenvalue weighted by Crippen LogP contribution is 2.21. The normalized spacial score (nSPS) is 14.4. The van der Waals surface area contributed by atoms with E-state index >= 15 is 0 Å². The number of nitrogens with zero attached hydrogens (tertiary/aromatic N) is 5. The SMILES string of the molecule is CC(C)c1cnnc(Nc2ccc3ncc(/C(C=N)=C/NCCCN4CCC4)cc3n2)c1. The molecular weight excluding hydrogens is 400 g/mol. The molecule has 0 saturated carbocycles. The van der Waals surface area contributed by atoms with Crippen LogP contribution in [0.25, 0.3) is 16.6 Å². The van der Waals surface area contributed by atoms with Crippen molar-refractivity contribution >= 4 is 34.5 Å². The minimum Gasteiger partial charge on any atom is -0.390 e. The lowest BCUT2D eigenvalue weighted by molar-refractivity contribution is 0.180. The van der Waals surface area contributed by atoms with Crippen molar-refractivity contribution in [2.45, 2.75) is 32.6 Å². The fraction of sp³-hybridized carbons (Fsp3) is 0.375. The topological polar surface area (TPSA) is 103 Å². The summed E-state index contributed by atoms with van der Waals surface area (Å²) >= 11 is 0. The molecule has 0 spiro atoms. The van der Waals surface area contributed by atoms with Crippen LogP contribution in [0.1, 0.15) is 43.7 Å². The maximum absolute atomic E-state index is 7.82. The Labute approximate surface area is 188 Å². The largest absolute Gasteiger partial charge is 0.390 e. The second kappa shape index (κ2) is 10.3. The predicted molar refractivity (Wildman–Crippen MR) is 129 cm³/mol. The summed E-state index contributed by atoms with van der Waals surface area (Å²) in [6.07, 6.45) is 9.22. The van der Waals surface area contributed by atoms with Crippen molar-refractivity contribution in [3.05, 3.63) is 54.0 Å². The van der Waals surface area contributed by atoms with Crippen molar-refractivity contribution < 1.29 is 0 Å². The molecule has 32 heavy (non-hydrogen) atoms. The molecule has 0 bridgehead atoms. The lowest BCUT2D eigenvalue weighted by atomic mass is 10.1. The number of aromatic nitrogens is 4. The van der Waals surface area contributed by atoms with Crippen LogP contribution in [0.5, 0.6) is 0 Å². The van der Waals surface area contributed by atoms with Gasteiger partial charge in [0.05, 0.1) is 17.2 Å². The predicted octanol–water partition coefficient (Wildman–Crippen LogP) is 3.96. The van der Waals surface area contributed by atoms with Crippen LogP contribution < -0.4 is 10.6 Å². The third-order valence-corrected chi connectivity index (χ3v) is 5.63. The molecule has 1 fully saturated rings. The summed E-state index contributed by atoms with van der Waals surface area (Å²) in [5, 5.41) is 22.6. The van der Waals surface area contributed by atoms with Gasteiger partial charge in [0, 0.05) is 36.3 Å². The van der Waals surface area contributed by atoms with Gasteiger partial charge in [0.25, 0.3) is 0 Å². The number of pyridine rings is 2. The number of likely N-dealkylation sites (tertiary alicyclic amines) is 1. The van der Waals surface area contributed by atoms with Crippen molar-refractivity contribution in [1.29, 1.82) is 5.41 Å². The van der Waals surface area contributed by atoms with E-state index in [4.69, 9.17) is 10.4 Å². The molecule has 0 unspecified atom stereocenters. The molecule has 166 valence electrons. The molecule has 0 amide bonds. The number of nitrogens with one attached hydrogen (secondary N) is 3. The zero-order valence-corrected chi connectivity index (χ0v) is 18.7. The van der Waals surface area contributed by atoms with E-state index in [1.54, 1.807) is 12.4 Å². The van der Waals surface area contributed by atoms with Crippen LogP contribution in [0.15, 0.2) is 42.9 Å². The third kappa shape index (κ3) is 5.45. The summed E-state index contributed by atoms with van der Waals surface area (Å²) in [5.74, 6) is 1.71. The molecule has 8 heteroatoms. The summed E-state index contributed by atoms with van der Waals surface area (Å²) in [5.41, 5.74) is 4.30. The fourth-order valence-electron chi connectivity index (χ4n) is 3.52. The van der Waals surface area contributed by atoms with Crippen LogP contribution in [0, 0.1) is 5.41 Å². The van der Waals surface area contributed by atoms with E-state index in [1.165, 1.54) is 25.7 Å². The highest BCUT2D eigenvalue weighted by molar-refractivity contribution is 6.08. The van der Waals surface area contributed by atoms with Gasteiger partial charge >= 0.3 is 0 Å². The highest BCUT2D eigenvalue weighted by Gasteiger charge is 2.12. The number of hydrogen-bond donors (Lipinski definition) is 3. The summed E-state index contributed by atoms with van der Waals surface area (Å²) in [7, 11) is 0. The second-order valence-electron chi connectivity index (χ2n) is 8.36. The van der Waals surface area contributed by atoms with Crippen LogP contribution in [-0.2, 0) is 0 Å². The van der Waals surface area contributed by atoms with Gasteiger partial charge < -0.3 is 20.9 Å². The number of rotatable bonds is 10. The molecule has 1 aliphatic rings. The van der Waals surface area contributed by atoms with Crippen molar-refractivity contribution in [1.82, 2.24) is 30.4 Å². The van der Waals surface area contributed by atoms with Crippen molar-refractivity contribution in [2.75, 3.05) is 31.5 Å². The van der Waals surface area contributed by atoms with E-state index in [0.29, 0.717) is 17.6 Å². The molecule has 3 aromatic heterocycles. The molecule has 0 aliphatic carbocycles. The Bertz CT molecular complexity index is 1100. The number of allylic oxidation sites excluding steroid dienone is 1. The summed E-state index contributed by atoms with van der Waals surface area (Å²) in [6.45, 7) is 8.71. The first kappa shape index (κ1) is 21.8. The molecule has 8 nitrogen and oxygen atoms in total. The Hall–Kier alpha value is -3.39. The second-order valence-corrected chi connectivity index (χ2v) is 8.36. The van der Waals surface area contributed by atoms with E-state index in [0.717, 1.165) is 47.2 Å². The van der Waals surface area contributed by atoms with E-state index in [2.05, 4.69) is 44.6 Å². The van der Waals surface area contributed by atoms with Crippen molar-refractivity contribution in [3.8, 4) is 0 Å². The van der Waals surface area contributed by atoms with Gasteiger partial charge in [-0.2, -0.15) is 5.10 Å². The molecule has 0 atom stereocenters.